The first-order valence-electron chi connectivity index (χ1n) is 3.74. The molecule has 0 saturated heterocycles. The summed E-state index contributed by atoms with van der Waals surface area (Å²) in [6.45, 7) is 0.169. The minimum absolute atomic E-state index is 0.169. The van der Waals surface area contributed by atoms with Crippen LogP contribution in [0.4, 0.5) is 0 Å². The molecule has 1 unspecified atom stereocenters. The fourth-order valence-corrected chi connectivity index (χ4v) is 1.41. The summed E-state index contributed by atoms with van der Waals surface area (Å²) in [6.07, 6.45) is 0.592. The summed E-state index contributed by atoms with van der Waals surface area (Å²) in [4.78, 5) is 0. The Labute approximate surface area is 82.4 Å². The highest BCUT2D eigenvalue weighted by molar-refractivity contribution is 8.27. The van der Waals surface area contributed by atoms with Gasteiger partial charge in [0.05, 0.1) is 6.61 Å². The number of hydrogen-bond donors (Lipinski definition) is 1. The summed E-state index contributed by atoms with van der Waals surface area (Å²) in [5, 5.41) is 0. The molecule has 0 saturated carbocycles. The van der Waals surface area contributed by atoms with Gasteiger partial charge in [0.1, 0.15) is 0 Å². The Bertz CT molecular complexity index is 345. The third-order valence-electron chi connectivity index (χ3n) is 1.47. The van der Waals surface area contributed by atoms with Crippen LogP contribution in [0.3, 0.4) is 0 Å². The van der Waals surface area contributed by atoms with Crippen molar-refractivity contribution in [2.75, 3.05) is 6.61 Å². The van der Waals surface area contributed by atoms with Gasteiger partial charge in [-0.1, -0.05) is 30.3 Å². The maximum absolute atomic E-state index is 10.5. The monoisotopic (exact) mass is 218 g/mol. The van der Waals surface area contributed by atoms with Gasteiger partial charge in [-0.15, -0.1) is 0 Å². The van der Waals surface area contributed by atoms with Crippen LogP contribution in [0.5, 0.6) is 0 Å². The SMILES string of the molecule is O=S(O)(=S)OCCc1ccccc1. The van der Waals surface area contributed by atoms with E-state index in [9.17, 15) is 4.21 Å². The van der Waals surface area contributed by atoms with Crippen LogP contribution in [0.25, 0.3) is 0 Å². The van der Waals surface area contributed by atoms with Crippen LogP contribution in [0.2, 0.25) is 0 Å². The highest BCUT2D eigenvalue weighted by atomic mass is 32.9. The number of benzene rings is 1. The molecule has 0 bridgehead atoms. The minimum atomic E-state index is -3.46. The first-order chi connectivity index (χ1) is 6.08. The second-order valence-electron chi connectivity index (χ2n) is 2.49. The van der Waals surface area contributed by atoms with Gasteiger partial charge >= 0.3 is 0 Å². The molecule has 0 fully saturated rings. The van der Waals surface area contributed by atoms with Crippen molar-refractivity contribution in [1.29, 1.82) is 0 Å². The molecule has 1 rings (SSSR count). The van der Waals surface area contributed by atoms with Crippen LogP contribution in [-0.4, -0.2) is 15.4 Å². The summed E-state index contributed by atoms with van der Waals surface area (Å²) in [7, 11) is -3.46. The van der Waals surface area contributed by atoms with E-state index < -0.39 is 9.05 Å². The zero-order valence-corrected chi connectivity index (χ0v) is 8.51. The predicted molar refractivity (Wildman–Crippen MR) is 54.2 cm³/mol. The molecular formula is C8H10O3S2. The molecule has 72 valence electrons. The van der Waals surface area contributed by atoms with Gasteiger partial charge in [-0.2, -0.15) is 4.21 Å². The normalized spacial score (nSPS) is 15.2. The summed E-state index contributed by atoms with van der Waals surface area (Å²) in [5.74, 6) is 0. The molecule has 0 spiro atoms. The fraction of sp³-hybridized carbons (Fsp3) is 0.250. The van der Waals surface area contributed by atoms with Crippen LogP contribution in [0.1, 0.15) is 5.56 Å². The standard InChI is InChI=1S/C8H10O3S2/c9-13(10,12)11-7-6-8-4-2-1-3-5-8/h1-5H,6-7H2,(H,9,10,12). The van der Waals surface area contributed by atoms with E-state index in [4.69, 9.17) is 4.55 Å². The predicted octanol–water partition coefficient (Wildman–Crippen LogP) is 1.38. The molecule has 0 aliphatic heterocycles. The lowest BCUT2D eigenvalue weighted by molar-refractivity contribution is 0.308. The molecule has 5 heteroatoms. The lowest BCUT2D eigenvalue weighted by Crippen LogP contribution is -2.05. The molecule has 0 radical (unpaired) electrons. The quantitative estimate of drug-likeness (QED) is 0.829. The van der Waals surface area contributed by atoms with E-state index in [0.29, 0.717) is 6.42 Å². The van der Waals surface area contributed by atoms with Gasteiger partial charge in [0, 0.05) is 11.2 Å². The molecule has 1 aromatic rings. The van der Waals surface area contributed by atoms with Crippen LogP contribution in [-0.2, 0) is 30.8 Å². The van der Waals surface area contributed by atoms with E-state index >= 15 is 0 Å². The molecule has 1 aromatic carbocycles. The van der Waals surface area contributed by atoms with Crippen molar-refractivity contribution >= 4 is 20.2 Å². The second-order valence-corrected chi connectivity index (χ2v) is 4.84. The van der Waals surface area contributed by atoms with Gasteiger partial charge in [0.2, 0.25) is 0 Å². The van der Waals surface area contributed by atoms with Crippen molar-refractivity contribution < 1.29 is 12.9 Å². The maximum Gasteiger partial charge on any atom is 0.266 e. The molecular weight excluding hydrogens is 208 g/mol. The van der Waals surface area contributed by atoms with Crippen LogP contribution in [0, 0.1) is 0 Å². The molecule has 1 N–H and O–H groups in total. The number of rotatable bonds is 4. The highest BCUT2D eigenvalue weighted by Crippen LogP contribution is 2.00. The van der Waals surface area contributed by atoms with Crippen molar-refractivity contribution in [2.24, 2.45) is 0 Å². The Morgan fingerprint density at radius 1 is 1.38 bits per heavy atom. The Kier molecular flexibility index (Phi) is 3.80. The van der Waals surface area contributed by atoms with Gasteiger partial charge in [-0.3, -0.25) is 8.74 Å². The molecule has 0 heterocycles. The largest absolute Gasteiger partial charge is 0.285 e. The molecule has 0 amide bonds. The zero-order valence-electron chi connectivity index (χ0n) is 6.88. The molecule has 0 aliphatic rings. The molecule has 1 atom stereocenters. The van der Waals surface area contributed by atoms with Crippen LogP contribution in [0.15, 0.2) is 30.3 Å². The summed E-state index contributed by atoms with van der Waals surface area (Å²) < 4.78 is 23.7. The fourth-order valence-electron chi connectivity index (χ4n) is 0.910. The molecule has 13 heavy (non-hydrogen) atoms. The van der Waals surface area contributed by atoms with Crippen molar-refractivity contribution in [3.63, 3.8) is 0 Å². The van der Waals surface area contributed by atoms with Crippen molar-refractivity contribution in [3.05, 3.63) is 35.9 Å². The molecule has 0 aliphatic carbocycles. The van der Waals surface area contributed by atoms with Gasteiger partial charge in [-0.25, -0.2) is 0 Å². The van der Waals surface area contributed by atoms with E-state index in [1.807, 2.05) is 30.3 Å². The van der Waals surface area contributed by atoms with Gasteiger partial charge in [-0.05, 0) is 12.0 Å². The average molecular weight is 218 g/mol. The highest BCUT2D eigenvalue weighted by Gasteiger charge is 1.99. The lowest BCUT2D eigenvalue weighted by Gasteiger charge is -2.01. The third-order valence-corrected chi connectivity index (χ3v) is 2.22. The van der Waals surface area contributed by atoms with Crippen molar-refractivity contribution in [1.82, 2.24) is 0 Å². The van der Waals surface area contributed by atoms with E-state index in [2.05, 4.69) is 15.4 Å². The maximum atomic E-state index is 10.5. The lowest BCUT2D eigenvalue weighted by atomic mass is 10.2. The van der Waals surface area contributed by atoms with E-state index in [0.717, 1.165) is 5.56 Å². The van der Waals surface area contributed by atoms with Gasteiger partial charge < -0.3 is 0 Å². The van der Waals surface area contributed by atoms with E-state index in [1.165, 1.54) is 0 Å². The smallest absolute Gasteiger partial charge is 0.266 e. The van der Waals surface area contributed by atoms with Crippen LogP contribution >= 0.6 is 0 Å². The Hall–Kier alpha value is -0.490. The molecule has 0 aromatic heterocycles. The van der Waals surface area contributed by atoms with Crippen LogP contribution < -0.4 is 0 Å². The Balaban J connectivity index is 2.37. The summed E-state index contributed by atoms with van der Waals surface area (Å²) >= 11 is 4.16. The Morgan fingerprint density at radius 3 is 2.54 bits per heavy atom. The Morgan fingerprint density at radius 2 is 2.00 bits per heavy atom. The summed E-state index contributed by atoms with van der Waals surface area (Å²) in [5.41, 5.74) is 1.06. The van der Waals surface area contributed by atoms with Gasteiger partial charge in [0.15, 0.2) is 0 Å². The van der Waals surface area contributed by atoms with E-state index in [1.54, 1.807) is 0 Å². The first-order valence-corrected chi connectivity index (χ1v) is 6.10. The van der Waals surface area contributed by atoms with Crippen molar-refractivity contribution in [2.45, 2.75) is 6.42 Å². The molecule has 3 nitrogen and oxygen atoms in total. The van der Waals surface area contributed by atoms with E-state index in [-0.39, 0.29) is 6.61 Å². The average Bonchev–Trinajstić information content (AvgIpc) is 2.04. The third kappa shape index (κ3) is 4.94. The minimum Gasteiger partial charge on any atom is -0.285 e. The topological polar surface area (TPSA) is 46.5 Å². The first kappa shape index (κ1) is 10.6. The second kappa shape index (κ2) is 4.66. The zero-order chi connectivity index (χ0) is 9.73. The van der Waals surface area contributed by atoms with Crippen molar-refractivity contribution in [3.8, 4) is 0 Å². The summed E-state index contributed by atoms with van der Waals surface area (Å²) in [6, 6.07) is 9.56. The van der Waals surface area contributed by atoms with Gasteiger partial charge in [0.25, 0.3) is 9.05 Å². The number of hydrogen-bond acceptors (Lipinski definition) is 3.